The van der Waals surface area contributed by atoms with E-state index < -0.39 is 11.6 Å². The molecule has 0 unspecified atom stereocenters. The lowest BCUT2D eigenvalue weighted by molar-refractivity contribution is 0.507. The summed E-state index contributed by atoms with van der Waals surface area (Å²) >= 11 is 0. The summed E-state index contributed by atoms with van der Waals surface area (Å²) in [6.45, 7) is 0. The van der Waals surface area contributed by atoms with Crippen LogP contribution in [0.1, 0.15) is 17.9 Å². The Hall–Kier alpha value is -0.360. The molecule has 1 nitrogen and oxygen atoms in total. The Bertz CT molecular complexity index is 415. The molecule has 0 radical (unpaired) electrons. The maximum absolute atomic E-state index is 12.9. The van der Waals surface area contributed by atoms with Crippen molar-refractivity contribution in [2.45, 2.75) is 18.4 Å². The highest BCUT2D eigenvalue weighted by Gasteiger charge is 2.45. The Morgan fingerprint density at radius 1 is 1.21 bits per heavy atom. The van der Waals surface area contributed by atoms with Crippen molar-refractivity contribution in [3.63, 3.8) is 0 Å². The van der Waals surface area contributed by atoms with Gasteiger partial charge in [0, 0.05) is 28.0 Å². The third kappa shape index (κ3) is 1.50. The smallest absolute Gasteiger partial charge is 0.159 e. The van der Waals surface area contributed by atoms with Crippen LogP contribution in [-0.4, -0.2) is 10.5 Å². The molecule has 3 rings (SSSR count). The normalized spacial score (nSPS) is 35.4. The summed E-state index contributed by atoms with van der Waals surface area (Å²) in [6.07, 6.45) is 1.09. The van der Waals surface area contributed by atoms with E-state index in [1.165, 1.54) is 28.2 Å². The van der Waals surface area contributed by atoms with E-state index in [0.717, 1.165) is 12.0 Å². The number of nitrogens with zero attached hydrogens (tertiary/aromatic N) is 1. The third-order valence-corrected chi connectivity index (χ3v) is 4.75. The first kappa shape index (κ1) is 8.91. The summed E-state index contributed by atoms with van der Waals surface area (Å²) in [5.41, 5.74) is 0.936. The van der Waals surface area contributed by atoms with Gasteiger partial charge in [-0.25, -0.2) is 8.78 Å². The van der Waals surface area contributed by atoms with Gasteiger partial charge in [-0.05, 0) is 24.1 Å². The van der Waals surface area contributed by atoms with E-state index in [9.17, 15) is 8.78 Å². The van der Waals surface area contributed by atoms with Crippen LogP contribution in [-0.2, 0) is 0 Å². The van der Waals surface area contributed by atoms with Crippen LogP contribution >= 0.6 is 16.0 Å². The fourth-order valence-electron chi connectivity index (χ4n) is 1.69. The van der Waals surface area contributed by atoms with Crippen LogP contribution in [0.4, 0.5) is 8.78 Å². The van der Waals surface area contributed by atoms with E-state index in [1.54, 1.807) is 6.07 Å². The Balaban J connectivity index is 1.80. The molecule has 14 heavy (non-hydrogen) atoms. The van der Waals surface area contributed by atoms with Crippen LogP contribution in [0.15, 0.2) is 18.2 Å². The van der Waals surface area contributed by atoms with Crippen LogP contribution in [0.5, 0.6) is 0 Å². The first-order chi connectivity index (χ1) is 6.75. The zero-order valence-electron chi connectivity index (χ0n) is 7.19. The average Bonchev–Trinajstić information content (AvgIpc) is 3.02. The monoisotopic (exact) mass is 229 g/mol. The van der Waals surface area contributed by atoms with Crippen LogP contribution in [0.2, 0.25) is 0 Å². The van der Waals surface area contributed by atoms with Crippen molar-refractivity contribution in [3.05, 3.63) is 35.4 Å². The lowest BCUT2D eigenvalue weighted by atomic mass is 10.1. The highest BCUT2D eigenvalue weighted by atomic mass is 31.8. The molecule has 1 saturated carbocycles. The highest BCUT2D eigenvalue weighted by molar-refractivity contribution is 7.97. The number of hydrogen-bond donors (Lipinski definition) is 0. The first-order valence-corrected chi connectivity index (χ1v) is 6.81. The zero-order chi connectivity index (χ0) is 9.71. The van der Waals surface area contributed by atoms with Crippen LogP contribution in [0.3, 0.4) is 0 Å². The van der Waals surface area contributed by atoms with Gasteiger partial charge in [-0.3, -0.25) is 0 Å². The summed E-state index contributed by atoms with van der Waals surface area (Å²) in [5.74, 6) is -1.06. The number of rotatable bonds is 2. The summed E-state index contributed by atoms with van der Waals surface area (Å²) in [7, 11) is 2.71. The Labute approximate surface area is 83.6 Å². The van der Waals surface area contributed by atoms with Gasteiger partial charge in [0.1, 0.15) is 0 Å². The van der Waals surface area contributed by atoms with E-state index in [0.29, 0.717) is 12.0 Å². The Morgan fingerprint density at radius 3 is 2.64 bits per heavy atom. The SMILES string of the molecule is Fc1ccc([C@@H]2C[C@H]2N2P=P2)cc1F. The van der Waals surface area contributed by atoms with Crippen molar-refractivity contribution >= 4 is 16.0 Å². The third-order valence-electron chi connectivity index (χ3n) is 2.62. The fraction of sp³-hybridized carbons (Fsp3) is 0.333. The molecule has 1 heterocycles. The lowest BCUT2D eigenvalue weighted by Crippen LogP contribution is -1.97. The zero-order valence-corrected chi connectivity index (χ0v) is 8.98. The molecule has 1 aromatic carbocycles. The molecule has 5 heteroatoms. The number of halogens is 2. The van der Waals surface area contributed by atoms with Gasteiger partial charge in [0.05, 0.1) is 0 Å². The standard InChI is InChI=1S/C9H7F2NP2/c10-7-2-1-5(3-8(7)11)6-4-9(6)12-13-14-12/h1-3,6,9H,4H2/t6-,9+/m0/s1. The van der Waals surface area contributed by atoms with Gasteiger partial charge in [0.15, 0.2) is 11.6 Å². The maximum atomic E-state index is 12.9. The Kier molecular flexibility index (Phi) is 1.95. The molecular formula is C9H7F2NP2. The average molecular weight is 229 g/mol. The second-order valence-electron chi connectivity index (χ2n) is 3.58. The molecule has 0 saturated heterocycles. The van der Waals surface area contributed by atoms with E-state index >= 15 is 0 Å². The van der Waals surface area contributed by atoms with Gasteiger partial charge in [-0.1, -0.05) is 6.07 Å². The first-order valence-electron chi connectivity index (χ1n) is 4.41. The van der Waals surface area contributed by atoms with E-state index in [4.69, 9.17) is 0 Å². The fourth-order valence-corrected chi connectivity index (χ4v) is 3.45. The summed E-state index contributed by atoms with van der Waals surface area (Å²) in [5, 5.41) is 0. The minimum absolute atomic E-state index is 0.424. The molecule has 0 spiro atoms. The maximum Gasteiger partial charge on any atom is 0.159 e. The molecule has 2 aliphatic rings. The van der Waals surface area contributed by atoms with Crippen LogP contribution in [0.25, 0.3) is 0 Å². The molecule has 1 aliphatic heterocycles. The van der Waals surface area contributed by atoms with Crippen molar-refractivity contribution in [2.75, 3.05) is 0 Å². The second kappa shape index (κ2) is 3.06. The highest BCUT2D eigenvalue weighted by Crippen LogP contribution is 2.59. The lowest BCUT2D eigenvalue weighted by Gasteiger charge is -2.00. The van der Waals surface area contributed by atoms with Gasteiger partial charge >= 0.3 is 0 Å². The predicted molar refractivity (Wildman–Crippen MR) is 53.2 cm³/mol. The van der Waals surface area contributed by atoms with E-state index in [-0.39, 0.29) is 0 Å². The summed E-state index contributed by atoms with van der Waals surface area (Å²) in [6, 6.07) is 4.82. The minimum atomic E-state index is -0.756. The van der Waals surface area contributed by atoms with E-state index in [2.05, 4.69) is 4.44 Å². The van der Waals surface area contributed by atoms with Gasteiger partial charge in [0.25, 0.3) is 0 Å². The molecule has 2 atom stereocenters. The molecule has 0 amide bonds. The van der Waals surface area contributed by atoms with Crippen LogP contribution in [0, 0.1) is 11.6 Å². The molecule has 0 aromatic heterocycles. The van der Waals surface area contributed by atoms with Gasteiger partial charge in [0.2, 0.25) is 0 Å². The minimum Gasteiger partial charge on any atom is -0.204 e. The van der Waals surface area contributed by atoms with Crippen molar-refractivity contribution in [3.8, 4) is 0 Å². The summed E-state index contributed by atoms with van der Waals surface area (Å²) in [4.78, 5) is 0. The quantitative estimate of drug-likeness (QED) is 0.697. The van der Waals surface area contributed by atoms with Crippen LogP contribution < -0.4 is 0 Å². The van der Waals surface area contributed by atoms with Crippen molar-refractivity contribution in [1.82, 2.24) is 4.44 Å². The second-order valence-corrected chi connectivity index (χ2v) is 6.19. The predicted octanol–water partition coefficient (Wildman–Crippen LogP) is 3.77. The van der Waals surface area contributed by atoms with Gasteiger partial charge < -0.3 is 0 Å². The van der Waals surface area contributed by atoms with Crippen molar-refractivity contribution in [1.29, 1.82) is 0 Å². The molecule has 1 aliphatic carbocycles. The number of hydrogen-bond acceptors (Lipinski definition) is 1. The largest absolute Gasteiger partial charge is 0.204 e. The van der Waals surface area contributed by atoms with Gasteiger partial charge in [-0.2, -0.15) is 4.44 Å². The number of benzene rings is 1. The molecular weight excluding hydrogens is 222 g/mol. The summed E-state index contributed by atoms with van der Waals surface area (Å²) < 4.78 is 27.9. The van der Waals surface area contributed by atoms with Crippen molar-refractivity contribution < 1.29 is 8.78 Å². The Morgan fingerprint density at radius 2 is 2.00 bits per heavy atom. The van der Waals surface area contributed by atoms with Crippen molar-refractivity contribution in [2.24, 2.45) is 0 Å². The molecule has 1 aromatic rings. The molecule has 1 fully saturated rings. The molecule has 72 valence electrons. The van der Waals surface area contributed by atoms with Gasteiger partial charge in [-0.15, -0.1) is 0 Å². The molecule has 0 bridgehead atoms. The molecule has 0 N–H and O–H groups in total. The van der Waals surface area contributed by atoms with E-state index in [1.807, 2.05) is 0 Å². The topological polar surface area (TPSA) is 3.01 Å².